The maximum absolute atomic E-state index is 5.33. The van der Waals surface area contributed by atoms with Crippen LogP contribution in [0.2, 0.25) is 0 Å². The van der Waals surface area contributed by atoms with E-state index in [0.29, 0.717) is 17.4 Å². The Bertz CT molecular complexity index is 540. The minimum absolute atomic E-state index is 0.601. The largest absolute Gasteiger partial charge is 0.490 e. The molecule has 2 rings (SSSR count). The lowest BCUT2D eigenvalue weighted by molar-refractivity contribution is 0.415. The van der Waals surface area contributed by atoms with Crippen LogP contribution in [0.5, 0.6) is 5.75 Å². The Labute approximate surface area is 113 Å². The molecule has 0 unspecified atom stereocenters. The van der Waals surface area contributed by atoms with E-state index >= 15 is 0 Å². The van der Waals surface area contributed by atoms with E-state index in [-0.39, 0.29) is 0 Å². The lowest BCUT2D eigenvalue weighted by Gasteiger charge is -2.12. The number of anilines is 3. The predicted molar refractivity (Wildman–Crippen MR) is 77.2 cm³/mol. The van der Waals surface area contributed by atoms with Crippen LogP contribution in [-0.2, 0) is 6.42 Å². The Balaban J connectivity index is 2.26. The molecule has 19 heavy (non-hydrogen) atoms. The quantitative estimate of drug-likeness (QED) is 0.863. The first-order valence-corrected chi connectivity index (χ1v) is 6.21. The zero-order valence-corrected chi connectivity index (χ0v) is 11.4. The van der Waals surface area contributed by atoms with Crippen molar-refractivity contribution in [2.75, 3.05) is 24.8 Å². The van der Waals surface area contributed by atoms with E-state index in [1.807, 2.05) is 12.1 Å². The number of nitrogens with one attached hydrogen (secondary N) is 2. The van der Waals surface area contributed by atoms with E-state index < -0.39 is 0 Å². The number of hydrogen-bond donors (Lipinski definition) is 2. The molecule has 5 nitrogen and oxygen atoms in total. The molecule has 0 amide bonds. The monoisotopic (exact) mass is 258 g/mol. The molecule has 5 heteroatoms. The molecule has 0 radical (unpaired) electrons. The smallest absolute Gasteiger partial charge is 0.204 e. The summed E-state index contributed by atoms with van der Waals surface area (Å²) in [5, 5.41) is 6.21. The van der Waals surface area contributed by atoms with Crippen molar-refractivity contribution >= 4 is 17.3 Å². The predicted octanol–water partition coefficient (Wildman–Crippen LogP) is 2.83. The molecule has 1 aromatic heterocycles. The van der Waals surface area contributed by atoms with Gasteiger partial charge < -0.3 is 15.4 Å². The van der Waals surface area contributed by atoms with E-state index in [9.17, 15) is 0 Å². The molecule has 100 valence electrons. The number of ether oxygens (including phenoxy) is 1. The maximum Gasteiger partial charge on any atom is 0.204 e. The highest BCUT2D eigenvalue weighted by Crippen LogP contribution is 2.30. The summed E-state index contributed by atoms with van der Waals surface area (Å²) in [6.07, 6.45) is 2.53. The van der Waals surface area contributed by atoms with Crippen molar-refractivity contribution in [3.05, 3.63) is 36.2 Å². The number of hydrogen-bond acceptors (Lipinski definition) is 5. The highest BCUT2D eigenvalue weighted by Gasteiger charge is 2.10. The molecule has 0 spiro atoms. The van der Waals surface area contributed by atoms with Gasteiger partial charge in [0.1, 0.15) is 6.33 Å². The van der Waals surface area contributed by atoms with Crippen LogP contribution in [0.15, 0.2) is 30.6 Å². The van der Waals surface area contributed by atoms with Gasteiger partial charge in [-0.1, -0.05) is 19.1 Å². The summed E-state index contributed by atoms with van der Waals surface area (Å²) in [4.78, 5) is 8.32. The van der Waals surface area contributed by atoms with E-state index in [4.69, 9.17) is 4.74 Å². The third-order valence-electron chi connectivity index (χ3n) is 2.87. The van der Waals surface area contributed by atoms with Crippen molar-refractivity contribution in [1.82, 2.24) is 9.97 Å². The number of methoxy groups -OCH3 is 1. The summed E-state index contributed by atoms with van der Waals surface area (Å²) < 4.78 is 5.33. The Morgan fingerprint density at radius 1 is 1.11 bits per heavy atom. The van der Waals surface area contributed by atoms with Crippen molar-refractivity contribution in [2.24, 2.45) is 0 Å². The van der Waals surface area contributed by atoms with Gasteiger partial charge in [0.25, 0.3) is 0 Å². The fraction of sp³-hybridized carbons (Fsp3) is 0.286. The van der Waals surface area contributed by atoms with Gasteiger partial charge in [-0.05, 0) is 24.1 Å². The molecule has 1 heterocycles. The molecule has 0 aliphatic carbocycles. The molecule has 0 saturated heterocycles. The van der Waals surface area contributed by atoms with E-state index in [0.717, 1.165) is 12.1 Å². The number of benzene rings is 1. The summed E-state index contributed by atoms with van der Waals surface area (Å²) in [6.45, 7) is 2.13. The van der Waals surface area contributed by atoms with E-state index in [1.165, 1.54) is 11.9 Å². The van der Waals surface area contributed by atoms with Crippen molar-refractivity contribution in [3.8, 4) is 5.75 Å². The molecule has 0 aliphatic heterocycles. The first-order chi connectivity index (χ1) is 9.28. The average molecular weight is 258 g/mol. The van der Waals surface area contributed by atoms with Gasteiger partial charge in [-0.2, -0.15) is 0 Å². The van der Waals surface area contributed by atoms with Gasteiger partial charge in [0.15, 0.2) is 11.6 Å². The first-order valence-electron chi connectivity index (χ1n) is 6.21. The third-order valence-corrected chi connectivity index (χ3v) is 2.87. The van der Waals surface area contributed by atoms with Gasteiger partial charge >= 0.3 is 0 Å². The van der Waals surface area contributed by atoms with Crippen LogP contribution >= 0.6 is 0 Å². The minimum Gasteiger partial charge on any atom is -0.490 e. The van der Waals surface area contributed by atoms with Crippen molar-refractivity contribution in [1.29, 1.82) is 0 Å². The number of aryl methyl sites for hydroxylation is 1. The maximum atomic E-state index is 5.33. The lowest BCUT2D eigenvalue weighted by Crippen LogP contribution is -2.03. The third kappa shape index (κ3) is 2.93. The molecule has 0 bridgehead atoms. The van der Waals surface area contributed by atoms with Crippen LogP contribution in [0.3, 0.4) is 0 Å². The van der Waals surface area contributed by atoms with E-state index in [1.54, 1.807) is 14.2 Å². The van der Waals surface area contributed by atoms with Crippen LogP contribution in [-0.4, -0.2) is 24.1 Å². The van der Waals surface area contributed by atoms with Gasteiger partial charge in [0.05, 0.1) is 7.11 Å². The molecule has 0 aliphatic rings. The molecular formula is C14H18N4O. The molecule has 0 atom stereocenters. The second-order valence-corrected chi connectivity index (χ2v) is 4.03. The summed E-state index contributed by atoms with van der Waals surface area (Å²) in [7, 11) is 3.40. The molecule has 0 fully saturated rings. The Morgan fingerprint density at radius 2 is 1.79 bits per heavy atom. The lowest BCUT2D eigenvalue weighted by atomic mass is 10.1. The molecule has 0 saturated carbocycles. The van der Waals surface area contributed by atoms with Crippen LogP contribution in [0.4, 0.5) is 17.3 Å². The van der Waals surface area contributed by atoms with Gasteiger partial charge in [0, 0.05) is 12.7 Å². The number of nitrogens with zero attached hydrogens (tertiary/aromatic N) is 2. The topological polar surface area (TPSA) is 59.1 Å². The Morgan fingerprint density at radius 3 is 2.37 bits per heavy atom. The fourth-order valence-corrected chi connectivity index (χ4v) is 1.79. The SMILES string of the molecule is CCc1ccc(Nc2ncnc(NC)c2OC)cc1. The number of aromatic nitrogens is 2. The highest BCUT2D eigenvalue weighted by atomic mass is 16.5. The normalized spacial score (nSPS) is 10.1. The summed E-state index contributed by atoms with van der Waals surface area (Å²) in [6, 6.07) is 8.24. The standard InChI is InChI=1S/C14H18N4O/c1-4-10-5-7-11(8-6-10)18-14-12(19-3)13(15-2)16-9-17-14/h5-9H,4H2,1-3H3,(H2,15,16,17,18). The molecular weight excluding hydrogens is 240 g/mol. The summed E-state index contributed by atoms with van der Waals surface area (Å²) in [5.41, 5.74) is 2.27. The number of rotatable bonds is 5. The van der Waals surface area contributed by atoms with E-state index in [2.05, 4.69) is 39.7 Å². The Hall–Kier alpha value is -2.30. The second-order valence-electron chi connectivity index (χ2n) is 4.03. The first kappa shape index (κ1) is 13.1. The van der Waals surface area contributed by atoms with Gasteiger partial charge in [-0.25, -0.2) is 9.97 Å². The van der Waals surface area contributed by atoms with Gasteiger partial charge in [-0.15, -0.1) is 0 Å². The minimum atomic E-state index is 0.601. The molecule has 2 N–H and O–H groups in total. The van der Waals surface area contributed by atoms with Crippen LogP contribution < -0.4 is 15.4 Å². The van der Waals surface area contributed by atoms with Crippen molar-refractivity contribution in [2.45, 2.75) is 13.3 Å². The average Bonchev–Trinajstić information content (AvgIpc) is 2.47. The fourth-order valence-electron chi connectivity index (χ4n) is 1.79. The zero-order valence-electron chi connectivity index (χ0n) is 11.4. The van der Waals surface area contributed by atoms with Crippen molar-refractivity contribution in [3.63, 3.8) is 0 Å². The van der Waals surface area contributed by atoms with Gasteiger partial charge in [0.2, 0.25) is 5.75 Å². The summed E-state index contributed by atoms with van der Waals surface area (Å²) >= 11 is 0. The van der Waals surface area contributed by atoms with Crippen molar-refractivity contribution < 1.29 is 4.74 Å². The van der Waals surface area contributed by atoms with Gasteiger partial charge in [-0.3, -0.25) is 0 Å². The highest BCUT2D eigenvalue weighted by molar-refractivity contribution is 5.69. The van der Waals surface area contributed by atoms with Crippen LogP contribution in [0.25, 0.3) is 0 Å². The summed E-state index contributed by atoms with van der Waals surface area (Å²) in [5.74, 6) is 1.90. The zero-order chi connectivity index (χ0) is 13.7. The van der Waals surface area contributed by atoms with Crippen LogP contribution in [0, 0.1) is 0 Å². The molecule has 1 aromatic carbocycles. The second kappa shape index (κ2) is 6.04. The Kier molecular flexibility index (Phi) is 4.18. The molecule has 2 aromatic rings. The van der Waals surface area contributed by atoms with Crippen LogP contribution in [0.1, 0.15) is 12.5 Å².